The fourth-order valence-electron chi connectivity index (χ4n) is 4.97. The SMILES string of the molecule is CNC(C)C(=O)NC1CCCCC2CCC(C(=O)NCc3cccc(NC(=O)C=CCN(C)C)c3)N2C1=O. The van der Waals surface area contributed by atoms with Crippen molar-refractivity contribution in [2.75, 3.05) is 33.0 Å². The third-order valence-corrected chi connectivity index (χ3v) is 7.18. The van der Waals surface area contributed by atoms with Crippen LogP contribution < -0.4 is 21.3 Å². The molecule has 1 aromatic rings. The molecule has 0 bridgehead atoms. The molecule has 4 N–H and O–H groups in total. The van der Waals surface area contributed by atoms with Gasteiger partial charge in [-0.25, -0.2) is 0 Å². The Labute approximate surface area is 225 Å². The monoisotopic (exact) mass is 526 g/mol. The van der Waals surface area contributed by atoms with Crippen molar-refractivity contribution < 1.29 is 19.2 Å². The van der Waals surface area contributed by atoms with Gasteiger partial charge in [-0.3, -0.25) is 19.2 Å². The van der Waals surface area contributed by atoms with Gasteiger partial charge in [-0.15, -0.1) is 0 Å². The largest absolute Gasteiger partial charge is 0.350 e. The third-order valence-electron chi connectivity index (χ3n) is 7.18. The van der Waals surface area contributed by atoms with Crippen molar-refractivity contribution in [3.05, 3.63) is 42.0 Å². The molecule has 1 aromatic carbocycles. The standard InChI is InChI=1S/C28H42N6O4/c1-19(29-2)26(36)32-23-12-6-5-11-22-14-15-24(34(22)28(23)38)27(37)30-18-20-9-7-10-21(17-20)31-25(35)13-8-16-33(3)4/h7-10,13,17,19,22-24,29H,5-6,11-12,14-16,18H2,1-4H3,(H,30,37)(H,31,35)(H,32,36). The van der Waals surface area contributed by atoms with E-state index in [-0.39, 0.29) is 36.2 Å². The van der Waals surface area contributed by atoms with Gasteiger partial charge in [0.05, 0.1) is 6.04 Å². The molecular weight excluding hydrogens is 484 g/mol. The number of nitrogens with zero attached hydrogens (tertiary/aromatic N) is 2. The first-order chi connectivity index (χ1) is 18.2. The molecule has 2 heterocycles. The van der Waals surface area contributed by atoms with Crippen molar-refractivity contribution in [2.45, 2.75) is 76.2 Å². The van der Waals surface area contributed by atoms with Crippen molar-refractivity contribution in [1.82, 2.24) is 25.8 Å². The van der Waals surface area contributed by atoms with Crippen LogP contribution in [-0.4, -0.2) is 85.3 Å². The van der Waals surface area contributed by atoms with E-state index in [1.54, 1.807) is 31.0 Å². The Morgan fingerprint density at radius 3 is 2.63 bits per heavy atom. The number of amides is 4. The van der Waals surface area contributed by atoms with Crippen LogP contribution in [0, 0.1) is 0 Å². The third kappa shape index (κ3) is 8.13. The van der Waals surface area contributed by atoms with Crippen molar-refractivity contribution in [3.8, 4) is 0 Å². The predicted octanol–water partition coefficient (Wildman–Crippen LogP) is 1.39. The summed E-state index contributed by atoms with van der Waals surface area (Å²) in [6.07, 6.45) is 7.93. The number of benzene rings is 1. The maximum Gasteiger partial charge on any atom is 0.248 e. The molecule has 3 rings (SSSR count). The first kappa shape index (κ1) is 29.3. The molecule has 4 atom stereocenters. The Hall–Kier alpha value is -3.24. The Morgan fingerprint density at radius 2 is 1.89 bits per heavy atom. The van der Waals surface area contributed by atoms with Gasteiger partial charge in [-0.2, -0.15) is 0 Å². The molecule has 0 aromatic heterocycles. The zero-order valence-corrected chi connectivity index (χ0v) is 23.0. The molecule has 38 heavy (non-hydrogen) atoms. The highest BCUT2D eigenvalue weighted by molar-refractivity contribution is 5.99. The van der Waals surface area contributed by atoms with E-state index in [0.29, 0.717) is 25.1 Å². The van der Waals surface area contributed by atoms with Gasteiger partial charge in [0.15, 0.2) is 0 Å². The Kier molecular flexibility index (Phi) is 10.8. The van der Waals surface area contributed by atoms with Crippen LogP contribution in [0.15, 0.2) is 36.4 Å². The van der Waals surface area contributed by atoms with E-state index >= 15 is 0 Å². The van der Waals surface area contributed by atoms with Crippen molar-refractivity contribution in [3.63, 3.8) is 0 Å². The second kappa shape index (κ2) is 14.1. The van der Waals surface area contributed by atoms with Crippen LogP contribution in [-0.2, 0) is 25.7 Å². The lowest BCUT2D eigenvalue weighted by Gasteiger charge is -2.35. The number of fused-ring (bicyclic) bond motifs is 1. The molecule has 208 valence electrons. The van der Waals surface area contributed by atoms with Crippen LogP contribution in [0.3, 0.4) is 0 Å². The summed E-state index contributed by atoms with van der Waals surface area (Å²) in [5.74, 6) is -0.804. The molecule has 4 unspecified atom stereocenters. The summed E-state index contributed by atoms with van der Waals surface area (Å²) in [7, 11) is 5.56. The fraction of sp³-hybridized carbons (Fsp3) is 0.571. The van der Waals surface area contributed by atoms with Crippen LogP contribution in [0.5, 0.6) is 0 Å². The molecule has 10 heteroatoms. The highest BCUT2D eigenvalue weighted by atomic mass is 16.2. The zero-order chi connectivity index (χ0) is 27.7. The van der Waals surface area contributed by atoms with Gasteiger partial charge in [-0.1, -0.05) is 31.1 Å². The first-order valence-electron chi connectivity index (χ1n) is 13.5. The molecule has 0 spiro atoms. The summed E-state index contributed by atoms with van der Waals surface area (Å²) in [5.41, 5.74) is 1.48. The van der Waals surface area contributed by atoms with Gasteiger partial charge in [0.2, 0.25) is 23.6 Å². The summed E-state index contributed by atoms with van der Waals surface area (Å²) in [4.78, 5) is 55.1. The summed E-state index contributed by atoms with van der Waals surface area (Å²) < 4.78 is 0. The summed E-state index contributed by atoms with van der Waals surface area (Å²) in [6.45, 7) is 2.70. The van der Waals surface area contributed by atoms with Gasteiger partial charge < -0.3 is 31.1 Å². The summed E-state index contributed by atoms with van der Waals surface area (Å²) >= 11 is 0. The second-order valence-electron chi connectivity index (χ2n) is 10.4. The van der Waals surface area contributed by atoms with Gasteiger partial charge in [0.1, 0.15) is 12.1 Å². The average molecular weight is 527 g/mol. The minimum absolute atomic E-state index is 0.0127. The highest BCUT2D eigenvalue weighted by Gasteiger charge is 2.43. The lowest BCUT2D eigenvalue weighted by molar-refractivity contribution is -0.144. The maximum absolute atomic E-state index is 13.5. The number of carbonyl (C=O) groups excluding carboxylic acids is 4. The van der Waals surface area contributed by atoms with Crippen LogP contribution in [0.2, 0.25) is 0 Å². The molecule has 0 radical (unpaired) electrons. The number of hydrogen-bond acceptors (Lipinski definition) is 6. The number of hydrogen-bond donors (Lipinski definition) is 4. The lowest BCUT2D eigenvalue weighted by Crippen LogP contribution is -2.57. The molecule has 2 fully saturated rings. The van der Waals surface area contributed by atoms with Crippen LogP contribution in [0.4, 0.5) is 5.69 Å². The fourth-order valence-corrected chi connectivity index (χ4v) is 4.97. The van der Waals surface area contributed by atoms with Gasteiger partial charge >= 0.3 is 0 Å². The molecule has 10 nitrogen and oxygen atoms in total. The van der Waals surface area contributed by atoms with Gasteiger partial charge in [-0.05, 0) is 71.4 Å². The number of likely N-dealkylation sites (N-methyl/N-ethyl adjacent to an activating group) is 2. The normalized spacial score (nSPS) is 22.5. The molecular formula is C28H42N6O4. The minimum Gasteiger partial charge on any atom is -0.350 e. The van der Waals surface area contributed by atoms with Gasteiger partial charge in [0.25, 0.3) is 0 Å². The number of carbonyl (C=O) groups is 4. The highest BCUT2D eigenvalue weighted by Crippen LogP contribution is 2.31. The zero-order valence-electron chi connectivity index (χ0n) is 23.0. The van der Waals surface area contributed by atoms with Crippen LogP contribution in [0.1, 0.15) is 51.0 Å². The summed E-state index contributed by atoms with van der Waals surface area (Å²) in [5, 5.41) is 11.6. The van der Waals surface area contributed by atoms with E-state index in [0.717, 1.165) is 31.2 Å². The Bertz CT molecular complexity index is 1030. The first-order valence-corrected chi connectivity index (χ1v) is 13.5. The predicted molar refractivity (Wildman–Crippen MR) is 147 cm³/mol. The number of anilines is 1. The number of nitrogens with one attached hydrogen (secondary N) is 4. The van der Waals surface area contributed by atoms with E-state index in [4.69, 9.17) is 0 Å². The molecule has 2 saturated heterocycles. The van der Waals surface area contributed by atoms with Gasteiger partial charge in [0, 0.05) is 30.9 Å². The molecule has 2 aliphatic heterocycles. The molecule has 0 saturated carbocycles. The molecule has 4 amide bonds. The van der Waals surface area contributed by atoms with Crippen LogP contribution in [0.25, 0.3) is 0 Å². The molecule has 2 aliphatic rings. The van der Waals surface area contributed by atoms with E-state index in [1.807, 2.05) is 37.2 Å². The van der Waals surface area contributed by atoms with Crippen molar-refractivity contribution >= 4 is 29.3 Å². The Balaban J connectivity index is 1.61. The molecule has 0 aliphatic carbocycles. The van der Waals surface area contributed by atoms with Crippen LogP contribution >= 0.6 is 0 Å². The lowest BCUT2D eigenvalue weighted by atomic mass is 9.98. The minimum atomic E-state index is -0.624. The van der Waals surface area contributed by atoms with Crippen molar-refractivity contribution in [2.24, 2.45) is 0 Å². The topological polar surface area (TPSA) is 123 Å². The van der Waals surface area contributed by atoms with Crippen molar-refractivity contribution in [1.29, 1.82) is 0 Å². The number of rotatable bonds is 10. The maximum atomic E-state index is 13.5. The van der Waals surface area contributed by atoms with E-state index in [2.05, 4.69) is 21.3 Å². The second-order valence-corrected chi connectivity index (χ2v) is 10.4. The average Bonchev–Trinajstić information content (AvgIpc) is 3.30. The smallest absolute Gasteiger partial charge is 0.248 e. The Morgan fingerprint density at radius 1 is 1.13 bits per heavy atom. The van der Waals surface area contributed by atoms with E-state index in [9.17, 15) is 19.2 Å². The summed E-state index contributed by atoms with van der Waals surface area (Å²) in [6, 6.07) is 5.75. The van der Waals surface area contributed by atoms with E-state index in [1.165, 1.54) is 6.08 Å². The quantitative estimate of drug-likeness (QED) is 0.342. The van der Waals surface area contributed by atoms with E-state index < -0.39 is 18.1 Å².